The Morgan fingerprint density at radius 3 is 2.28 bits per heavy atom. The van der Waals surface area contributed by atoms with E-state index in [0.29, 0.717) is 5.69 Å². The van der Waals surface area contributed by atoms with E-state index < -0.39 is 0 Å². The van der Waals surface area contributed by atoms with Crippen molar-refractivity contribution < 1.29 is 9.59 Å². The number of aromatic nitrogens is 1. The van der Waals surface area contributed by atoms with Gasteiger partial charge in [-0.2, -0.15) is 0 Å². The minimum absolute atomic E-state index is 0.0608. The number of benzene rings is 2. The molecule has 29 heavy (non-hydrogen) atoms. The van der Waals surface area contributed by atoms with Crippen LogP contribution in [0, 0.1) is 18.8 Å². The molecule has 4 aliphatic rings. The van der Waals surface area contributed by atoms with Crippen LogP contribution < -0.4 is 4.90 Å². The van der Waals surface area contributed by atoms with Gasteiger partial charge in [0.25, 0.3) is 0 Å². The average Bonchev–Trinajstić information content (AvgIpc) is 3.32. The normalized spacial score (nSPS) is 26.7. The second-order valence-electron chi connectivity index (χ2n) is 8.23. The average molecular weight is 380 g/mol. The van der Waals surface area contributed by atoms with Crippen LogP contribution in [-0.2, 0) is 9.59 Å². The molecule has 2 bridgehead atoms. The van der Waals surface area contributed by atoms with Crippen LogP contribution in [0.1, 0.15) is 23.2 Å². The van der Waals surface area contributed by atoms with E-state index in [9.17, 15) is 9.59 Å². The smallest absolute Gasteiger partial charge is 0.240 e. The Labute approximate surface area is 169 Å². The Morgan fingerprint density at radius 1 is 0.793 bits per heavy atom. The summed E-state index contributed by atoms with van der Waals surface area (Å²) in [6.45, 7) is 2.00. The third kappa shape index (κ3) is 2.20. The van der Waals surface area contributed by atoms with Gasteiger partial charge in [-0.25, -0.2) is 4.90 Å². The molecular formula is C25H20N2O2. The highest BCUT2D eigenvalue weighted by atomic mass is 16.2. The summed E-state index contributed by atoms with van der Waals surface area (Å²) < 4.78 is 2.21. The first-order valence-electron chi connectivity index (χ1n) is 10.0. The molecule has 1 saturated heterocycles. The number of allylic oxidation sites excluding steroid dienone is 2. The summed E-state index contributed by atoms with van der Waals surface area (Å²) in [6, 6.07) is 19.9. The lowest BCUT2D eigenvalue weighted by molar-refractivity contribution is -0.122. The van der Waals surface area contributed by atoms with Gasteiger partial charge >= 0.3 is 0 Å². The van der Waals surface area contributed by atoms with Crippen LogP contribution in [-0.4, -0.2) is 16.4 Å². The molecule has 1 fully saturated rings. The fraction of sp³-hybridized carbons (Fsp3) is 0.200. The quantitative estimate of drug-likeness (QED) is 0.486. The van der Waals surface area contributed by atoms with Crippen LogP contribution in [0.5, 0.6) is 0 Å². The van der Waals surface area contributed by atoms with E-state index in [0.717, 1.165) is 22.4 Å². The second-order valence-corrected chi connectivity index (χ2v) is 8.23. The van der Waals surface area contributed by atoms with Crippen LogP contribution in [0.3, 0.4) is 0 Å². The molecular weight excluding hydrogens is 360 g/mol. The number of rotatable bonds is 2. The monoisotopic (exact) mass is 380 g/mol. The van der Waals surface area contributed by atoms with Crippen molar-refractivity contribution in [1.82, 2.24) is 4.57 Å². The Bertz CT molecular complexity index is 1120. The van der Waals surface area contributed by atoms with E-state index in [-0.39, 0.29) is 35.6 Å². The van der Waals surface area contributed by atoms with Gasteiger partial charge < -0.3 is 4.57 Å². The summed E-state index contributed by atoms with van der Waals surface area (Å²) in [7, 11) is 0. The van der Waals surface area contributed by atoms with Crippen molar-refractivity contribution in [2.75, 3.05) is 4.90 Å². The zero-order valence-electron chi connectivity index (χ0n) is 16.0. The fourth-order valence-corrected chi connectivity index (χ4v) is 5.23. The van der Waals surface area contributed by atoms with Gasteiger partial charge in [-0.1, -0.05) is 60.2 Å². The van der Waals surface area contributed by atoms with Crippen molar-refractivity contribution in [3.8, 4) is 11.1 Å². The standard InChI is InChI=1S/C25H20N2O2/c1-15-7-9-18(10-8-15)27-24(28)22-19-11-12-20(23(22)25(27)29)26-14-17(13-21(19)26)16-5-3-2-4-6-16/h2-14,19-20,22-23H,1H3/t19-,20-,22+,23-/m0/s1. The molecule has 142 valence electrons. The molecule has 3 aliphatic heterocycles. The topological polar surface area (TPSA) is 42.3 Å². The first-order chi connectivity index (χ1) is 14.1. The van der Waals surface area contributed by atoms with Crippen LogP contribution in [0.2, 0.25) is 0 Å². The predicted octanol–water partition coefficient (Wildman–Crippen LogP) is 4.48. The van der Waals surface area contributed by atoms with Gasteiger partial charge in [-0.05, 0) is 36.2 Å². The number of hydrogen-bond acceptors (Lipinski definition) is 2. The zero-order valence-corrected chi connectivity index (χ0v) is 16.0. The number of imide groups is 1. The van der Waals surface area contributed by atoms with E-state index in [2.05, 4.69) is 41.1 Å². The van der Waals surface area contributed by atoms with Crippen molar-refractivity contribution in [2.45, 2.75) is 18.9 Å². The van der Waals surface area contributed by atoms with Gasteiger partial charge in [0.15, 0.2) is 0 Å². The SMILES string of the molecule is Cc1ccc(N2C(=O)[C@@H]3[C@H](C2=O)[C@H]2C=C[C@@H]3n3cc(-c4ccccc4)cc32)cc1. The highest BCUT2D eigenvalue weighted by Crippen LogP contribution is 2.54. The maximum Gasteiger partial charge on any atom is 0.240 e. The molecule has 2 amide bonds. The number of carbonyl (C=O) groups is 2. The highest BCUT2D eigenvalue weighted by Gasteiger charge is 2.59. The Balaban J connectivity index is 1.42. The van der Waals surface area contributed by atoms with Gasteiger partial charge in [-0.15, -0.1) is 0 Å². The molecule has 0 unspecified atom stereocenters. The number of amides is 2. The van der Waals surface area contributed by atoms with Crippen LogP contribution in [0.4, 0.5) is 5.69 Å². The number of hydrogen-bond donors (Lipinski definition) is 0. The molecule has 2 aromatic carbocycles. The Hall–Kier alpha value is -3.40. The minimum atomic E-state index is -0.331. The van der Waals surface area contributed by atoms with Crippen LogP contribution in [0.15, 0.2) is 79.0 Å². The molecule has 0 spiro atoms. The van der Waals surface area contributed by atoms with Crippen molar-refractivity contribution in [1.29, 1.82) is 0 Å². The van der Waals surface area contributed by atoms with E-state index in [4.69, 9.17) is 0 Å². The molecule has 0 radical (unpaired) electrons. The lowest BCUT2D eigenvalue weighted by atomic mass is 9.70. The van der Waals surface area contributed by atoms with Crippen molar-refractivity contribution >= 4 is 17.5 Å². The van der Waals surface area contributed by atoms with E-state index in [1.54, 1.807) is 0 Å². The van der Waals surface area contributed by atoms with Gasteiger partial charge in [0, 0.05) is 17.8 Å². The molecule has 4 heterocycles. The predicted molar refractivity (Wildman–Crippen MR) is 111 cm³/mol. The third-order valence-corrected chi connectivity index (χ3v) is 6.61. The van der Waals surface area contributed by atoms with Crippen LogP contribution >= 0.6 is 0 Å². The second kappa shape index (κ2) is 5.80. The van der Waals surface area contributed by atoms with Crippen molar-refractivity contribution in [3.63, 3.8) is 0 Å². The number of carbonyl (C=O) groups excluding carboxylic acids is 2. The lowest BCUT2D eigenvalue weighted by Crippen LogP contribution is -2.40. The van der Waals surface area contributed by atoms with E-state index in [1.807, 2.05) is 49.4 Å². The molecule has 4 atom stereocenters. The summed E-state index contributed by atoms with van der Waals surface area (Å²) in [5.41, 5.74) is 5.20. The Kier molecular flexibility index (Phi) is 3.31. The van der Waals surface area contributed by atoms with Crippen molar-refractivity contribution in [2.24, 2.45) is 11.8 Å². The molecule has 1 aromatic heterocycles. The van der Waals surface area contributed by atoms with E-state index in [1.165, 1.54) is 4.90 Å². The molecule has 7 rings (SSSR count). The van der Waals surface area contributed by atoms with Gasteiger partial charge in [0.05, 0.1) is 23.6 Å². The number of anilines is 1. The molecule has 4 nitrogen and oxygen atoms in total. The van der Waals surface area contributed by atoms with Gasteiger partial charge in [0.2, 0.25) is 11.8 Å². The highest BCUT2D eigenvalue weighted by molar-refractivity contribution is 6.23. The van der Waals surface area contributed by atoms with Crippen LogP contribution in [0.25, 0.3) is 11.1 Å². The van der Waals surface area contributed by atoms with Crippen molar-refractivity contribution in [3.05, 3.63) is 90.3 Å². The summed E-state index contributed by atoms with van der Waals surface area (Å²) in [5, 5.41) is 0. The van der Waals surface area contributed by atoms with Gasteiger partial charge in [-0.3, -0.25) is 9.59 Å². The minimum Gasteiger partial charge on any atom is -0.343 e. The van der Waals surface area contributed by atoms with E-state index >= 15 is 0 Å². The Morgan fingerprint density at radius 2 is 1.52 bits per heavy atom. The fourth-order valence-electron chi connectivity index (χ4n) is 5.23. The molecule has 0 saturated carbocycles. The molecule has 1 aliphatic carbocycles. The van der Waals surface area contributed by atoms with Gasteiger partial charge in [0.1, 0.15) is 0 Å². The largest absolute Gasteiger partial charge is 0.343 e. The summed E-state index contributed by atoms with van der Waals surface area (Å²) in [4.78, 5) is 28.2. The summed E-state index contributed by atoms with van der Waals surface area (Å²) >= 11 is 0. The molecule has 0 N–H and O–H groups in total. The summed E-state index contributed by atoms with van der Waals surface area (Å²) in [5.74, 6) is -0.859. The lowest BCUT2D eigenvalue weighted by Gasteiger charge is -2.40. The first-order valence-corrected chi connectivity index (χ1v) is 10.0. The zero-order chi connectivity index (χ0) is 19.7. The molecule has 4 heteroatoms. The number of nitrogens with zero attached hydrogens (tertiary/aromatic N) is 2. The summed E-state index contributed by atoms with van der Waals surface area (Å²) in [6.07, 6.45) is 6.37. The first kappa shape index (κ1) is 16.5. The third-order valence-electron chi connectivity index (χ3n) is 6.61. The number of aryl methyl sites for hydroxylation is 1. The maximum absolute atomic E-state index is 13.4. The maximum atomic E-state index is 13.4. The molecule has 3 aromatic rings.